The van der Waals surface area contributed by atoms with Crippen LogP contribution < -0.4 is 5.32 Å². The summed E-state index contributed by atoms with van der Waals surface area (Å²) in [5.41, 5.74) is 0.848. The predicted octanol–water partition coefficient (Wildman–Crippen LogP) is 1.43. The molecule has 0 aromatic heterocycles. The van der Waals surface area contributed by atoms with Crippen molar-refractivity contribution >= 4 is 5.91 Å². The molecule has 0 aliphatic carbocycles. The Kier molecular flexibility index (Phi) is 5.48. The van der Waals surface area contributed by atoms with Gasteiger partial charge in [0, 0.05) is 51.0 Å². The van der Waals surface area contributed by atoms with Crippen LogP contribution in [0.15, 0.2) is 24.3 Å². The van der Waals surface area contributed by atoms with Gasteiger partial charge in [-0.2, -0.15) is 0 Å². The Morgan fingerprint density at radius 1 is 1.54 bits per heavy atom. The molecule has 132 valence electrons. The van der Waals surface area contributed by atoms with Gasteiger partial charge < -0.3 is 14.8 Å². The van der Waals surface area contributed by atoms with Crippen LogP contribution in [0.5, 0.6) is 0 Å². The van der Waals surface area contributed by atoms with Crippen LogP contribution in [0.2, 0.25) is 0 Å². The predicted molar refractivity (Wildman–Crippen MR) is 87.9 cm³/mol. The van der Waals surface area contributed by atoms with E-state index in [0.717, 1.165) is 18.7 Å². The molecule has 0 bridgehead atoms. The van der Waals surface area contributed by atoms with Crippen LogP contribution in [0.3, 0.4) is 0 Å². The molecule has 0 radical (unpaired) electrons. The number of hydrogen-bond donors (Lipinski definition) is 1. The molecule has 2 fully saturated rings. The highest BCUT2D eigenvalue weighted by Crippen LogP contribution is 2.44. The molecule has 1 aromatic carbocycles. The number of likely N-dealkylation sites (tertiary alicyclic amines) is 1. The molecule has 2 atom stereocenters. The summed E-state index contributed by atoms with van der Waals surface area (Å²) < 4.78 is 24.0. The van der Waals surface area contributed by atoms with E-state index in [1.165, 1.54) is 6.07 Å². The molecule has 2 aliphatic rings. The maximum atomic E-state index is 13.4. The fraction of sp³-hybridized carbons (Fsp3) is 0.611. The number of nitrogens with one attached hydrogen (secondary N) is 1. The van der Waals surface area contributed by atoms with Crippen molar-refractivity contribution in [1.29, 1.82) is 0 Å². The zero-order chi connectivity index (χ0) is 17.0. The maximum absolute atomic E-state index is 13.4. The molecule has 3 rings (SSSR count). The van der Waals surface area contributed by atoms with Crippen LogP contribution in [0.25, 0.3) is 0 Å². The van der Waals surface area contributed by atoms with Crippen molar-refractivity contribution in [2.75, 3.05) is 46.6 Å². The van der Waals surface area contributed by atoms with Crippen molar-refractivity contribution in [1.82, 2.24) is 10.2 Å². The first-order valence-electron chi connectivity index (χ1n) is 8.41. The van der Waals surface area contributed by atoms with E-state index in [9.17, 15) is 9.18 Å². The molecular weight excluding hydrogens is 311 g/mol. The van der Waals surface area contributed by atoms with Crippen LogP contribution in [0.4, 0.5) is 4.39 Å². The molecule has 0 saturated carbocycles. The standard InChI is InChI=1S/C18H25FN2O3/c1-23-6-5-20-17(22)8-18-12-21(10-15(18)11-24-13-18)9-14-3-2-4-16(19)7-14/h2-4,7,15H,5-6,8-13H2,1H3,(H,20,22)/t15-,18+/m1/s1. The Labute approximate surface area is 142 Å². The Hall–Kier alpha value is -1.50. The summed E-state index contributed by atoms with van der Waals surface area (Å²) in [6, 6.07) is 6.72. The van der Waals surface area contributed by atoms with Crippen LogP contribution in [-0.4, -0.2) is 57.4 Å². The summed E-state index contributed by atoms with van der Waals surface area (Å²) >= 11 is 0. The van der Waals surface area contributed by atoms with E-state index >= 15 is 0 Å². The number of benzene rings is 1. The van der Waals surface area contributed by atoms with Crippen molar-refractivity contribution < 1.29 is 18.7 Å². The third-order valence-corrected chi connectivity index (χ3v) is 5.03. The second-order valence-corrected chi connectivity index (χ2v) is 6.89. The van der Waals surface area contributed by atoms with E-state index in [1.54, 1.807) is 19.2 Å². The quantitative estimate of drug-likeness (QED) is 0.766. The van der Waals surface area contributed by atoms with Gasteiger partial charge in [0.2, 0.25) is 5.91 Å². The summed E-state index contributed by atoms with van der Waals surface area (Å²) in [5.74, 6) is 0.205. The first-order valence-corrected chi connectivity index (χ1v) is 8.41. The number of carbonyl (C=O) groups excluding carboxylic acids is 1. The Morgan fingerprint density at radius 2 is 2.42 bits per heavy atom. The van der Waals surface area contributed by atoms with Crippen LogP contribution >= 0.6 is 0 Å². The number of fused-ring (bicyclic) bond motifs is 1. The highest BCUT2D eigenvalue weighted by atomic mass is 19.1. The number of carbonyl (C=O) groups is 1. The molecule has 2 aliphatic heterocycles. The van der Waals surface area contributed by atoms with Gasteiger partial charge in [-0.3, -0.25) is 9.69 Å². The van der Waals surface area contributed by atoms with Gasteiger partial charge >= 0.3 is 0 Å². The van der Waals surface area contributed by atoms with E-state index in [1.807, 2.05) is 6.07 Å². The van der Waals surface area contributed by atoms with Crippen molar-refractivity contribution in [2.45, 2.75) is 13.0 Å². The van der Waals surface area contributed by atoms with Crippen molar-refractivity contribution in [3.05, 3.63) is 35.6 Å². The van der Waals surface area contributed by atoms with Gasteiger partial charge in [-0.15, -0.1) is 0 Å². The monoisotopic (exact) mass is 336 g/mol. The van der Waals surface area contributed by atoms with Gasteiger partial charge in [0.15, 0.2) is 0 Å². The summed E-state index contributed by atoms with van der Waals surface area (Å²) in [4.78, 5) is 14.5. The number of amides is 1. The van der Waals surface area contributed by atoms with Crippen LogP contribution in [-0.2, 0) is 20.8 Å². The lowest BCUT2D eigenvalue weighted by Gasteiger charge is -2.26. The largest absolute Gasteiger partial charge is 0.383 e. The third-order valence-electron chi connectivity index (χ3n) is 5.03. The maximum Gasteiger partial charge on any atom is 0.220 e. The van der Waals surface area contributed by atoms with E-state index in [2.05, 4.69) is 10.2 Å². The van der Waals surface area contributed by atoms with Crippen molar-refractivity contribution in [3.63, 3.8) is 0 Å². The Bertz CT molecular complexity index is 583. The number of halogens is 1. The van der Waals surface area contributed by atoms with Gasteiger partial charge in [0.25, 0.3) is 0 Å². The third kappa shape index (κ3) is 3.94. The normalized spacial score (nSPS) is 26.5. The molecule has 0 spiro atoms. The average molecular weight is 336 g/mol. The van der Waals surface area contributed by atoms with Crippen LogP contribution in [0.1, 0.15) is 12.0 Å². The molecule has 2 heterocycles. The lowest BCUT2D eigenvalue weighted by atomic mass is 9.78. The molecule has 0 unspecified atom stereocenters. The summed E-state index contributed by atoms with van der Waals surface area (Å²) in [5, 5.41) is 2.90. The molecule has 1 aromatic rings. The summed E-state index contributed by atoms with van der Waals surface area (Å²) in [6.45, 7) is 4.78. The van der Waals surface area contributed by atoms with Crippen LogP contribution in [0, 0.1) is 17.2 Å². The Morgan fingerprint density at radius 3 is 3.21 bits per heavy atom. The number of hydrogen-bond acceptors (Lipinski definition) is 4. The summed E-state index contributed by atoms with van der Waals surface area (Å²) in [7, 11) is 1.62. The number of ether oxygens (including phenoxy) is 2. The molecule has 5 nitrogen and oxygen atoms in total. The molecule has 1 amide bonds. The highest BCUT2D eigenvalue weighted by molar-refractivity contribution is 5.76. The number of rotatable bonds is 7. The number of methoxy groups -OCH3 is 1. The van der Waals surface area contributed by atoms with Gasteiger partial charge in [0.1, 0.15) is 5.82 Å². The fourth-order valence-electron chi connectivity index (χ4n) is 3.88. The fourth-order valence-corrected chi connectivity index (χ4v) is 3.88. The van der Waals surface area contributed by atoms with Gasteiger partial charge in [0.05, 0.1) is 19.8 Å². The second-order valence-electron chi connectivity index (χ2n) is 6.89. The second kappa shape index (κ2) is 7.59. The first kappa shape index (κ1) is 17.3. The minimum absolute atomic E-state index is 0.0511. The molecular formula is C18H25FN2O3. The first-order chi connectivity index (χ1) is 11.6. The zero-order valence-corrected chi connectivity index (χ0v) is 14.1. The Balaban J connectivity index is 1.60. The van der Waals surface area contributed by atoms with Crippen molar-refractivity contribution in [2.24, 2.45) is 11.3 Å². The van der Waals surface area contributed by atoms with Crippen molar-refractivity contribution in [3.8, 4) is 0 Å². The van der Waals surface area contributed by atoms with E-state index in [4.69, 9.17) is 9.47 Å². The smallest absolute Gasteiger partial charge is 0.220 e. The molecule has 24 heavy (non-hydrogen) atoms. The minimum atomic E-state index is -0.206. The van der Waals surface area contributed by atoms with Gasteiger partial charge in [-0.25, -0.2) is 4.39 Å². The van der Waals surface area contributed by atoms with E-state index in [0.29, 0.717) is 45.2 Å². The SMILES string of the molecule is COCCNC(=O)C[C@]12COC[C@H]1CN(Cc1cccc(F)c1)C2. The van der Waals surface area contributed by atoms with Gasteiger partial charge in [-0.05, 0) is 17.7 Å². The molecule has 2 saturated heterocycles. The van der Waals surface area contributed by atoms with E-state index < -0.39 is 0 Å². The minimum Gasteiger partial charge on any atom is -0.383 e. The molecule has 6 heteroatoms. The number of nitrogens with zero attached hydrogens (tertiary/aromatic N) is 1. The summed E-state index contributed by atoms with van der Waals surface area (Å²) in [6.07, 6.45) is 0.473. The highest BCUT2D eigenvalue weighted by Gasteiger charge is 2.51. The lowest BCUT2D eigenvalue weighted by Crippen LogP contribution is -2.38. The lowest BCUT2D eigenvalue weighted by molar-refractivity contribution is -0.123. The topological polar surface area (TPSA) is 50.8 Å². The van der Waals surface area contributed by atoms with Gasteiger partial charge in [-0.1, -0.05) is 12.1 Å². The average Bonchev–Trinajstić information content (AvgIpc) is 3.03. The molecule has 1 N–H and O–H groups in total. The van der Waals surface area contributed by atoms with E-state index in [-0.39, 0.29) is 17.1 Å². The zero-order valence-electron chi connectivity index (χ0n) is 14.1.